The lowest BCUT2D eigenvalue weighted by Crippen LogP contribution is -2.30. The van der Waals surface area contributed by atoms with Crippen LogP contribution in [0.5, 0.6) is 0 Å². The highest BCUT2D eigenvalue weighted by Gasteiger charge is 2.27. The average molecular weight is 244 g/mol. The van der Waals surface area contributed by atoms with Crippen molar-refractivity contribution >= 4 is 17.0 Å². The molecular formula is C14H20N4. The Kier molecular flexibility index (Phi) is 2.74. The number of hydrogen-bond acceptors (Lipinski definition) is 3. The van der Waals surface area contributed by atoms with Gasteiger partial charge in [0.1, 0.15) is 0 Å². The van der Waals surface area contributed by atoms with E-state index in [-0.39, 0.29) is 6.04 Å². The van der Waals surface area contributed by atoms with Crippen molar-refractivity contribution in [1.29, 1.82) is 0 Å². The molecule has 1 aromatic carbocycles. The summed E-state index contributed by atoms with van der Waals surface area (Å²) in [7, 11) is 2.09. The van der Waals surface area contributed by atoms with E-state index in [0.29, 0.717) is 5.92 Å². The van der Waals surface area contributed by atoms with E-state index in [2.05, 4.69) is 41.6 Å². The number of fused-ring (bicyclic) bond motifs is 1. The Bertz CT molecular complexity index is 558. The third-order valence-corrected chi connectivity index (χ3v) is 4.01. The third kappa shape index (κ3) is 1.77. The van der Waals surface area contributed by atoms with Crippen LogP contribution in [0.15, 0.2) is 24.3 Å². The molecule has 2 unspecified atom stereocenters. The van der Waals surface area contributed by atoms with Gasteiger partial charge in [0.15, 0.2) is 0 Å². The second-order valence-electron chi connectivity index (χ2n) is 5.31. The summed E-state index contributed by atoms with van der Waals surface area (Å²) in [6.45, 7) is 4.18. The first kappa shape index (κ1) is 11.5. The normalized spacial score (nSPS) is 21.7. The van der Waals surface area contributed by atoms with E-state index in [4.69, 9.17) is 10.7 Å². The Morgan fingerprint density at radius 3 is 2.83 bits per heavy atom. The summed E-state index contributed by atoms with van der Waals surface area (Å²) in [6.07, 6.45) is 1.17. The molecule has 0 amide bonds. The van der Waals surface area contributed by atoms with Crippen molar-refractivity contribution in [3.63, 3.8) is 0 Å². The topological polar surface area (TPSA) is 47.1 Å². The summed E-state index contributed by atoms with van der Waals surface area (Å²) in [5.41, 5.74) is 8.26. The van der Waals surface area contributed by atoms with Gasteiger partial charge in [-0.1, -0.05) is 12.1 Å². The minimum Gasteiger partial charge on any atom is -0.342 e. The van der Waals surface area contributed by atoms with Crippen molar-refractivity contribution in [2.24, 2.45) is 18.7 Å². The van der Waals surface area contributed by atoms with Crippen LogP contribution in [-0.2, 0) is 7.05 Å². The summed E-state index contributed by atoms with van der Waals surface area (Å²) in [6, 6.07) is 8.55. The van der Waals surface area contributed by atoms with E-state index in [1.165, 1.54) is 11.9 Å². The molecule has 2 N–H and O–H groups in total. The first-order valence-electron chi connectivity index (χ1n) is 6.59. The molecule has 1 aliphatic heterocycles. The predicted molar refractivity (Wildman–Crippen MR) is 74.7 cm³/mol. The summed E-state index contributed by atoms with van der Waals surface area (Å²) in [4.78, 5) is 7.09. The molecule has 1 fully saturated rings. The standard InChI is InChI=1S/C14H20N4/c1-10(15)11-7-8-18(9-11)14-16-12-5-3-4-6-13(12)17(14)2/h3-6,10-11H,7-9,15H2,1-2H3. The monoisotopic (exact) mass is 244 g/mol. The third-order valence-electron chi connectivity index (χ3n) is 4.01. The highest BCUT2D eigenvalue weighted by atomic mass is 15.3. The molecule has 0 saturated carbocycles. The maximum atomic E-state index is 6.00. The van der Waals surface area contributed by atoms with Crippen molar-refractivity contribution in [2.75, 3.05) is 18.0 Å². The lowest BCUT2D eigenvalue weighted by Gasteiger charge is -2.19. The molecule has 0 spiro atoms. The first-order chi connectivity index (χ1) is 8.66. The van der Waals surface area contributed by atoms with Gasteiger partial charge in [0.05, 0.1) is 11.0 Å². The number of rotatable bonds is 2. The number of hydrogen-bond donors (Lipinski definition) is 1. The average Bonchev–Trinajstić information content (AvgIpc) is 2.95. The Balaban J connectivity index is 1.93. The van der Waals surface area contributed by atoms with Crippen molar-refractivity contribution in [2.45, 2.75) is 19.4 Å². The molecule has 2 aromatic rings. The zero-order chi connectivity index (χ0) is 12.7. The molecule has 4 nitrogen and oxygen atoms in total. The molecule has 18 heavy (non-hydrogen) atoms. The molecule has 3 rings (SSSR count). The quantitative estimate of drug-likeness (QED) is 0.875. The van der Waals surface area contributed by atoms with Gasteiger partial charge in [-0.3, -0.25) is 0 Å². The van der Waals surface area contributed by atoms with Gasteiger partial charge in [0.2, 0.25) is 5.95 Å². The molecule has 4 heteroatoms. The zero-order valence-electron chi connectivity index (χ0n) is 11.0. The van der Waals surface area contributed by atoms with Gasteiger partial charge in [0.25, 0.3) is 0 Å². The first-order valence-corrected chi connectivity index (χ1v) is 6.59. The lowest BCUT2D eigenvalue weighted by atomic mass is 10.0. The van der Waals surface area contributed by atoms with E-state index in [1.54, 1.807) is 0 Å². The molecule has 1 saturated heterocycles. The molecule has 0 radical (unpaired) electrons. The van der Waals surface area contributed by atoms with Gasteiger partial charge in [-0.25, -0.2) is 4.98 Å². The van der Waals surface area contributed by atoms with Crippen molar-refractivity contribution in [1.82, 2.24) is 9.55 Å². The van der Waals surface area contributed by atoms with Crippen LogP contribution in [0.2, 0.25) is 0 Å². The molecule has 0 bridgehead atoms. The fourth-order valence-electron chi connectivity index (χ4n) is 2.81. The summed E-state index contributed by atoms with van der Waals surface area (Å²) >= 11 is 0. The summed E-state index contributed by atoms with van der Waals surface area (Å²) in [5.74, 6) is 1.66. The van der Waals surface area contributed by atoms with Crippen molar-refractivity contribution < 1.29 is 0 Å². The Labute approximate surface area is 107 Å². The highest BCUT2D eigenvalue weighted by molar-refractivity contribution is 5.78. The van der Waals surface area contributed by atoms with Gasteiger partial charge in [0, 0.05) is 26.2 Å². The number of benzene rings is 1. The Morgan fingerprint density at radius 2 is 2.17 bits per heavy atom. The van der Waals surface area contributed by atoms with Gasteiger partial charge in [-0.2, -0.15) is 0 Å². The molecule has 1 aromatic heterocycles. The predicted octanol–water partition coefficient (Wildman–Crippen LogP) is 1.75. The van der Waals surface area contributed by atoms with Crippen LogP contribution < -0.4 is 10.6 Å². The smallest absolute Gasteiger partial charge is 0.206 e. The fourth-order valence-corrected chi connectivity index (χ4v) is 2.81. The van der Waals surface area contributed by atoms with Crippen LogP contribution in [0, 0.1) is 5.92 Å². The number of para-hydroxylation sites is 2. The molecule has 2 atom stereocenters. The van der Waals surface area contributed by atoms with Crippen molar-refractivity contribution in [3.05, 3.63) is 24.3 Å². The fraction of sp³-hybridized carbons (Fsp3) is 0.500. The van der Waals surface area contributed by atoms with Crippen LogP contribution in [0.1, 0.15) is 13.3 Å². The molecule has 2 heterocycles. The second-order valence-corrected chi connectivity index (χ2v) is 5.31. The highest BCUT2D eigenvalue weighted by Crippen LogP contribution is 2.27. The van der Waals surface area contributed by atoms with E-state index in [0.717, 1.165) is 24.6 Å². The number of aromatic nitrogens is 2. The minimum atomic E-state index is 0.268. The number of imidazole rings is 1. The summed E-state index contributed by atoms with van der Waals surface area (Å²) < 4.78 is 2.18. The van der Waals surface area contributed by atoms with Gasteiger partial charge in [-0.05, 0) is 31.4 Å². The van der Waals surface area contributed by atoms with Crippen molar-refractivity contribution in [3.8, 4) is 0 Å². The van der Waals surface area contributed by atoms with Crippen LogP contribution in [0.25, 0.3) is 11.0 Å². The number of nitrogens with zero attached hydrogens (tertiary/aromatic N) is 3. The lowest BCUT2D eigenvalue weighted by molar-refractivity contribution is 0.487. The second kappa shape index (κ2) is 4.28. The van der Waals surface area contributed by atoms with Crippen LogP contribution >= 0.6 is 0 Å². The Morgan fingerprint density at radius 1 is 1.39 bits per heavy atom. The Hall–Kier alpha value is -1.55. The zero-order valence-corrected chi connectivity index (χ0v) is 11.0. The maximum absolute atomic E-state index is 6.00. The van der Waals surface area contributed by atoms with Gasteiger partial charge < -0.3 is 15.2 Å². The summed E-state index contributed by atoms with van der Waals surface area (Å²) in [5, 5.41) is 0. The minimum absolute atomic E-state index is 0.268. The van der Waals surface area contributed by atoms with Crippen LogP contribution in [0.4, 0.5) is 5.95 Å². The van der Waals surface area contributed by atoms with E-state index in [9.17, 15) is 0 Å². The molecular weight excluding hydrogens is 224 g/mol. The number of anilines is 1. The van der Waals surface area contributed by atoms with Gasteiger partial charge in [-0.15, -0.1) is 0 Å². The molecule has 1 aliphatic rings. The van der Waals surface area contributed by atoms with E-state index in [1.807, 2.05) is 6.07 Å². The maximum Gasteiger partial charge on any atom is 0.206 e. The van der Waals surface area contributed by atoms with E-state index < -0.39 is 0 Å². The number of nitrogens with two attached hydrogens (primary N) is 1. The largest absolute Gasteiger partial charge is 0.342 e. The number of aryl methyl sites for hydroxylation is 1. The van der Waals surface area contributed by atoms with Gasteiger partial charge >= 0.3 is 0 Å². The molecule has 0 aliphatic carbocycles. The SMILES string of the molecule is CC(N)C1CCN(c2nc3ccccc3n2C)C1. The van der Waals surface area contributed by atoms with E-state index >= 15 is 0 Å². The molecule has 96 valence electrons. The van der Waals surface area contributed by atoms with Crippen LogP contribution in [-0.4, -0.2) is 28.7 Å². The van der Waals surface area contributed by atoms with Crippen LogP contribution in [0.3, 0.4) is 0 Å².